The monoisotopic (exact) mass is 421 g/mol. The Hall–Kier alpha value is -3.55. The molecule has 1 aromatic carbocycles. The van der Waals surface area contributed by atoms with Gasteiger partial charge >= 0.3 is 0 Å². The van der Waals surface area contributed by atoms with Crippen LogP contribution in [0.3, 0.4) is 0 Å². The number of aromatic nitrogens is 3. The third-order valence-corrected chi connectivity index (χ3v) is 6.72. The number of hydrogen-bond acceptors (Lipinski definition) is 8. The van der Waals surface area contributed by atoms with Crippen LogP contribution in [0, 0.1) is 11.3 Å². The average Bonchev–Trinajstić information content (AvgIpc) is 2.80. The van der Waals surface area contributed by atoms with Crippen molar-refractivity contribution in [3.05, 3.63) is 66.4 Å². The number of pyridine rings is 1. The number of anilines is 3. The summed E-state index contributed by atoms with van der Waals surface area (Å²) in [6.45, 7) is 1.57. The molecule has 1 fully saturated rings. The second-order valence-electron chi connectivity index (χ2n) is 6.62. The number of nitrogens with one attached hydrogen (secondary N) is 1. The zero-order valence-corrected chi connectivity index (χ0v) is 16.8. The Morgan fingerprint density at radius 2 is 1.67 bits per heavy atom. The van der Waals surface area contributed by atoms with Crippen LogP contribution in [-0.2, 0) is 10.0 Å². The van der Waals surface area contributed by atoms with Gasteiger partial charge in [-0.1, -0.05) is 18.2 Å². The molecule has 1 aliphatic rings. The highest BCUT2D eigenvalue weighted by molar-refractivity contribution is 7.89. The molecule has 0 radical (unpaired) electrons. The molecule has 152 valence electrons. The summed E-state index contributed by atoms with van der Waals surface area (Å²) in [4.78, 5) is 6.22. The minimum atomic E-state index is -3.72. The number of sulfonamides is 1. The summed E-state index contributed by atoms with van der Waals surface area (Å²) in [5, 5.41) is 20.7. The Labute approximate surface area is 174 Å². The number of benzene rings is 1. The van der Waals surface area contributed by atoms with Gasteiger partial charge in [-0.3, -0.25) is 0 Å². The third kappa shape index (κ3) is 4.07. The SMILES string of the molecule is N#Cc1ccccc1S(=O)(=O)N1CCN(c2ccc(Nc3ccccn3)nn2)CC1. The van der Waals surface area contributed by atoms with Crippen molar-refractivity contribution in [3.63, 3.8) is 0 Å². The fourth-order valence-electron chi connectivity index (χ4n) is 3.21. The van der Waals surface area contributed by atoms with E-state index in [0.717, 1.165) is 0 Å². The lowest BCUT2D eigenvalue weighted by atomic mass is 10.2. The van der Waals surface area contributed by atoms with E-state index in [-0.39, 0.29) is 10.5 Å². The first-order valence-electron chi connectivity index (χ1n) is 9.34. The summed E-state index contributed by atoms with van der Waals surface area (Å²) < 4.78 is 27.3. The maximum absolute atomic E-state index is 12.9. The molecule has 3 heterocycles. The van der Waals surface area contributed by atoms with Crippen LogP contribution in [-0.4, -0.2) is 54.1 Å². The van der Waals surface area contributed by atoms with E-state index in [4.69, 9.17) is 0 Å². The van der Waals surface area contributed by atoms with E-state index in [0.29, 0.717) is 43.6 Å². The highest BCUT2D eigenvalue weighted by Gasteiger charge is 2.30. The van der Waals surface area contributed by atoms with E-state index in [1.807, 2.05) is 41.3 Å². The molecule has 10 heteroatoms. The summed E-state index contributed by atoms with van der Waals surface area (Å²) in [6, 6.07) is 17.4. The number of nitriles is 1. The van der Waals surface area contributed by atoms with E-state index < -0.39 is 10.0 Å². The number of piperazine rings is 1. The second-order valence-corrected chi connectivity index (χ2v) is 8.52. The van der Waals surface area contributed by atoms with Crippen molar-refractivity contribution >= 4 is 27.5 Å². The van der Waals surface area contributed by atoms with Gasteiger partial charge in [0, 0.05) is 32.4 Å². The van der Waals surface area contributed by atoms with Gasteiger partial charge in [-0.25, -0.2) is 13.4 Å². The van der Waals surface area contributed by atoms with Gasteiger partial charge in [-0.2, -0.15) is 9.57 Å². The summed E-state index contributed by atoms with van der Waals surface area (Å²) in [7, 11) is -3.72. The Balaban J connectivity index is 1.41. The molecule has 0 atom stereocenters. The molecular formula is C20H19N7O2S. The molecule has 0 spiro atoms. The fourth-order valence-corrected chi connectivity index (χ4v) is 4.77. The molecule has 9 nitrogen and oxygen atoms in total. The van der Waals surface area contributed by atoms with Crippen LogP contribution in [0.2, 0.25) is 0 Å². The Kier molecular flexibility index (Phi) is 5.56. The molecule has 30 heavy (non-hydrogen) atoms. The molecule has 0 bridgehead atoms. The van der Waals surface area contributed by atoms with E-state index in [9.17, 15) is 13.7 Å². The van der Waals surface area contributed by atoms with E-state index in [1.165, 1.54) is 16.4 Å². The molecule has 1 saturated heterocycles. The first-order valence-corrected chi connectivity index (χ1v) is 10.8. The molecule has 0 amide bonds. The normalized spacial score (nSPS) is 14.8. The molecule has 1 aliphatic heterocycles. The number of hydrogen-bond donors (Lipinski definition) is 1. The van der Waals surface area contributed by atoms with Crippen LogP contribution >= 0.6 is 0 Å². The molecule has 0 aliphatic carbocycles. The third-order valence-electron chi connectivity index (χ3n) is 4.76. The topological polar surface area (TPSA) is 115 Å². The highest BCUT2D eigenvalue weighted by atomic mass is 32.2. The van der Waals surface area contributed by atoms with Crippen molar-refractivity contribution in [2.45, 2.75) is 4.90 Å². The van der Waals surface area contributed by atoms with Crippen molar-refractivity contribution in [2.75, 3.05) is 36.4 Å². The number of nitrogens with zero attached hydrogens (tertiary/aromatic N) is 6. The van der Waals surface area contributed by atoms with Gasteiger partial charge in [-0.05, 0) is 36.4 Å². The fraction of sp³-hybridized carbons (Fsp3) is 0.200. The van der Waals surface area contributed by atoms with Gasteiger partial charge in [-0.15, -0.1) is 10.2 Å². The summed E-state index contributed by atoms with van der Waals surface area (Å²) >= 11 is 0. The van der Waals surface area contributed by atoms with E-state index in [2.05, 4.69) is 20.5 Å². The van der Waals surface area contributed by atoms with Crippen LogP contribution in [0.4, 0.5) is 17.5 Å². The Bertz CT molecular complexity index is 1150. The zero-order chi connectivity index (χ0) is 21.0. The van der Waals surface area contributed by atoms with Crippen LogP contribution in [0.5, 0.6) is 0 Å². The van der Waals surface area contributed by atoms with Crippen molar-refractivity contribution in [1.82, 2.24) is 19.5 Å². The molecule has 3 aromatic rings. The van der Waals surface area contributed by atoms with Crippen molar-refractivity contribution in [1.29, 1.82) is 5.26 Å². The maximum atomic E-state index is 12.9. The van der Waals surface area contributed by atoms with Gasteiger partial charge in [0.15, 0.2) is 11.6 Å². The first-order chi connectivity index (χ1) is 14.6. The lowest BCUT2D eigenvalue weighted by Crippen LogP contribution is -2.49. The summed E-state index contributed by atoms with van der Waals surface area (Å²) in [6.07, 6.45) is 1.69. The molecular weight excluding hydrogens is 402 g/mol. The van der Waals surface area contributed by atoms with Crippen LogP contribution in [0.1, 0.15) is 5.56 Å². The lowest BCUT2D eigenvalue weighted by Gasteiger charge is -2.34. The zero-order valence-electron chi connectivity index (χ0n) is 16.0. The highest BCUT2D eigenvalue weighted by Crippen LogP contribution is 2.23. The van der Waals surface area contributed by atoms with Crippen LogP contribution in [0.15, 0.2) is 65.7 Å². The predicted octanol–water partition coefficient (Wildman–Crippen LogP) is 2.00. The minimum Gasteiger partial charge on any atom is -0.352 e. The van der Waals surface area contributed by atoms with Gasteiger partial charge in [0.05, 0.1) is 10.5 Å². The van der Waals surface area contributed by atoms with E-state index in [1.54, 1.807) is 18.3 Å². The lowest BCUT2D eigenvalue weighted by molar-refractivity contribution is 0.383. The quantitative estimate of drug-likeness (QED) is 0.665. The van der Waals surface area contributed by atoms with Crippen LogP contribution < -0.4 is 10.2 Å². The van der Waals surface area contributed by atoms with Crippen molar-refractivity contribution in [2.24, 2.45) is 0 Å². The minimum absolute atomic E-state index is 0.0469. The average molecular weight is 421 g/mol. The Morgan fingerprint density at radius 1 is 0.900 bits per heavy atom. The predicted molar refractivity (Wildman–Crippen MR) is 112 cm³/mol. The van der Waals surface area contributed by atoms with Gasteiger partial charge in [0.1, 0.15) is 11.9 Å². The summed E-state index contributed by atoms with van der Waals surface area (Å²) in [5.74, 6) is 1.93. The van der Waals surface area contributed by atoms with Gasteiger partial charge < -0.3 is 10.2 Å². The summed E-state index contributed by atoms with van der Waals surface area (Å²) in [5.41, 5.74) is 0.154. The van der Waals surface area contributed by atoms with Gasteiger partial charge in [0.25, 0.3) is 0 Å². The van der Waals surface area contributed by atoms with E-state index >= 15 is 0 Å². The molecule has 0 saturated carbocycles. The second kappa shape index (κ2) is 8.44. The molecule has 1 N–H and O–H groups in total. The number of rotatable bonds is 5. The molecule has 2 aromatic heterocycles. The van der Waals surface area contributed by atoms with Crippen molar-refractivity contribution < 1.29 is 8.42 Å². The maximum Gasteiger partial charge on any atom is 0.244 e. The smallest absolute Gasteiger partial charge is 0.244 e. The molecule has 0 unspecified atom stereocenters. The standard InChI is InChI=1S/C20H19N7O2S/c21-15-16-5-1-2-6-17(16)30(28,29)27-13-11-26(12-14-27)20-9-8-19(24-25-20)23-18-7-3-4-10-22-18/h1-10H,11-14H2,(H,22,23,24). The van der Waals surface area contributed by atoms with Crippen LogP contribution in [0.25, 0.3) is 0 Å². The van der Waals surface area contributed by atoms with Crippen molar-refractivity contribution in [3.8, 4) is 6.07 Å². The molecule has 4 rings (SSSR count). The Morgan fingerprint density at radius 3 is 2.33 bits per heavy atom. The van der Waals surface area contributed by atoms with Gasteiger partial charge in [0.2, 0.25) is 10.0 Å². The first kappa shape index (κ1) is 19.8. The largest absolute Gasteiger partial charge is 0.352 e.